The molecule has 1 heterocycles. The van der Waals surface area contributed by atoms with Gasteiger partial charge in [0.25, 0.3) is 11.8 Å². The first-order valence-electron chi connectivity index (χ1n) is 10.0. The van der Waals surface area contributed by atoms with Crippen LogP contribution in [0.2, 0.25) is 0 Å². The molecule has 1 aliphatic rings. The van der Waals surface area contributed by atoms with Gasteiger partial charge in [-0.2, -0.15) is 0 Å². The largest absolute Gasteiger partial charge is 0.494 e. The summed E-state index contributed by atoms with van der Waals surface area (Å²) >= 11 is 0. The van der Waals surface area contributed by atoms with Gasteiger partial charge in [-0.1, -0.05) is 31.2 Å². The minimum absolute atomic E-state index is 0.107. The average molecular weight is 419 g/mol. The molecule has 7 heteroatoms. The predicted octanol–water partition coefficient (Wildman–Crippen LogP) is 3.81. The molecule has 0 saturated heterocycles. The van der Waals surface area contributed by atoms with E-state index in [9.17, 15) is 14.4 Å². The monoisotopic (exact) mass is 419 g/mol. The maximum absolute atomic E-state index is 13.0. The third kappa shape index (κ3) is 5.01. The summed E-state index contributed by atoms with van der Waals surface area (Å²) in [6.07, 6.45) is 2.39. The van der Waals surface area contributed by atoms with Gasteiger partial charge in [0.15, 0.2) is 0 Å². The van der Waals surface area contributed by atoms with Gasteiger partial charge in [-0.25, -0.2) is 0 Å². The van der Waals surface area contributed by atoms with E-state index in [0.29, 0.717) is 29.3 Å². The number of nitrogens with one attached hydrogen (secondary N) is 2. The van der Waals surface area contributed by atoms with Crippen molar-refractivity contribution in [2.24, 2.45) is 0 Å². The van der Waals surface area contributed by atoms with Crippen LogP contribution < -0.4 is 15.4 Å². The lowest BCUT2D eigenvalue weighted by atomic mass is 10.0. The topological polar surface area (TPSA) is 87.7 Å². The maximum atomic E-state index is 13.0. The van der Waals surface area contributed by atoms with E-state index < -0.39 is 11.8 Å². The summed E-state index contributed by atoms with van der Waals surface area (Å²) in [5, 5.41) is 5.79. The van der Waals surface area contributed by atoms with Gasteiger partial charge in [-0.3, -0.25) is 19.3 Å². The standard InChI is InChI=1S/C24H25N3O4/c1-4-13-27-23(29)21(17-9-11-18(12-10-17)25-16(3)28)22(24(27)30)26-19-7-6-8-20(15-19)31-14-5-2/h4,6-12,15,26H,1,5,13-14H2,2-3H3,(H,25,28). The SMILES string of the molecule is C=CCN1C(=O)C(Nc2cccc(OCCC)c2)=C(c2ccc(NC(C)=O)cc2)C1=O. The Morgan fingerprint density at radius 2 is 1.84 bits per heavy atom. The zero-order valence-electron chi connectivity index (χ0n) is 17.6. The van der Waals surface area contributed by atoms with Crippen molar-refractivity contribution in [1.29, 1.82) is 0 Å². The van der Waals surface area contributed by atoms with Crippen molar-refractivity contribution in [2.75, 3.05) is 23.8 Å². The second kappa shape index (κ2) is 9.75. The van der Waals surface area contributed by atoms with Gasteiger partial charge < -0.3 is 15.4 Å². The van der Waals surface area contributed by atoms with E-state index in [4.69, 9.17) is 4.74 Å². The molecule has 0 aromatic heterocycles. The average Bonchev–Trinajstić information content (AvgIpc) is 2.97. The Hall–Kier alpha value is -3.87. The van der Waals surface area contributed by atoms with Crippen LogP contribution in [0, 0.1) is 0 Å². The van der Waals surface area contributed by atoms with E-state index in [0.717, 1.165) is 11.3 Å². The lowest BCUT2D eigenvalue weighted by molar-refractivity contribution is -0.136. The van der Waals surface area contributed by atoms with Crippen LogP contribution in [0.4, 0.5) is 11.4 Å². The Morgan fingerprint density at radius 3 is 2.48 bits per heavy atom. The van der Waals surface area contributed by atoms with Crippen LogP contribution in [-0.4, -0.2) is 35.8 Å². The molecule has 0 bridgehead atoms. The molecule has 1 aliphatic heterocycles. The number of hydrogen-bond donors (Lipinski definition) is 2. The Morgan fingerprint density at radius 1 is 1.10 bits per heavy atom. The molecular formula is C24H25N3O4. The van der Waals surface area contributed by atoms with E-state index in [2.05, 4.69) is 17.2 Å². The van der Waals surface area contributed by atoms with Crippen molar-refractivity contribution < 1.29 is 19.1 Å². The first-order chi connectivity index (χ1) is 14.9. The zero-order chi connectivity index (χ0) is 22.4. The summed E-state index contributed by atoms with van der Waals surface area (Å²) in [4.78, 5) is 38.5. The molecule has 2 aromatic carbocycles. The number of imide groups is 1. The lowest BCUT2D eigenvalue weighted by Crippen LogP contribution is -2.32. The third-order valence-electron chi connectivity index (χ3n) is 4.55. The van der Waals surface area contributed by atoms with Crippen molar-refractivity contribution in [1.82, 2.24) is 4.90 Å². The van der Waals surface area contributed by atoms with Crippen LogP contribution in [0.3, 0.4) is 0 Å². The summed E-state index contributed by atoms with van der Waals surface area (Å²) in [5.74, 6) is -0.346. The number of benzene rings is 2. The highest BCUT2D eigenvalue weighted by atomic mass is 16.5. The van der Waals surface area contributed by atoms with Crippen molar-refractivity contribution in [2.45, 2.75) is 20.3 Å². The minimum Gasteiger partial charge on any atom is -0.494 e. The van der Waals surface area contributed by atoms with Crippen molar-refractivity contribution >= 4 is 34.7 Å². The Kier molecular flexibility index (Phi) is 6.87. The fourth-order valence-electron chi connectivity index (χ4n) is 3.21. The van der Waals surface area contributed by atoms with Gasteiger partial charge in [0, 0.05) is 30.9 Å². The molecule has 0 unspecified atom stereocenters. The second-order valence-corrected chi connectivity index (χ2v) is 7.02. The van der Waals surface area contributed by atoms with Crippen LogP contribution >= 0.6 is 0 Å². The molecule has 0 fully saturated rings. The van der Waals surface area contributed by atoms with Crippen LogP contribution in [0.1, 0.15) is 25.8 Å². The highest BCUT2D eigenvalue weighted by Gasteiger charge is 2.38. The first-order valence-corrected chi connectivity index (χ1v) is 10.0. The Labute approximate surface area is 181 Å². The molecule has 2 N–H and O–H groups in total. The highest BCUT2D eigenvalue weighted by Crippen LogP contribution is 2.31. The van der Waals surface area contributed by atoms with Crippen molar-refractivity contribution in [3.63, 3.8) is 0 Å². The van der Waals surface area contributed by atoms with E-state index in [1.54, 1.807) is 36.4 Å². The molecule has 0 atom stereocenters. The smallest absolute Gasteiger partial charge is 0.278 e. The molecule has 160 valence electrons. The molecule has 2 aromatic rings. The van der Waals surface area contributed by atoms with Crippen LogP contribution in [0.25, 0.3) is 5.57 Å². The summed E-state index contributed by atoms with van der Waals surface area (Å²) in [7, 11) is 0. The van der Waals surface area contributed by atoms with Gasteiger partial charge in [-0.15, -0.1) is 6.58 Å². The van der Waals surface area contributed by atoms with Crippen LogP contribution in [0.5, 0.6) is 5.75 Å². The minimum atomic E-state index is -0.425. The van der Waals surface area contributed by atoms with Gasteiger partial charge in [0.05, 0.1) is 12.2 Å². The van der Waals surface area contributed by atoms with E-state index in [1.165, 1.54) is 13.0 Å². The highest BCUT2D eigenvalue weighted by molar-refractivity contribution is 6.36. The number of hydrogen-bond acceptors (Lipinski definition) is 5. The van der Waals surface area contributed by atoms with Gasteiger partial charge >= 0.3 is 0 Å². The quantitative estimate of drug-likeness (QED) is 0.477. The number of amides is 3. The number of carbonyl (C=O) groups excluding carboxylic acids is 3. The molecule has 0 radical (unpaired) electrons. The van der Waals surface area contributed by atoms with Crippen LogP contribution in [-0.2, 0) is 14.4 Å². The van der Waals surface area contributed by atoms with Gasteiger partial charge in [-0.05, 0) is 36.2 Å². The number of carbonyl (C=O) groups is 3. The molecule has 3 amide bonds. The van der Waals surface area contributed by atoms with Crippen LogP contribution in [0.15, 0.2) is 66.9 Å². The molecule has 0 spiro atoms. The van der Waals surface area contributed by atoms with Crippen molar-refractivity contribution in [3.05, 3.63) is 72.4 Å². The zero-order valence-corrected chi connectivity index (χ0v) is 17.6. The van der Waals surface area contributed by atoms with Gasteiger partial charge in [0.2, 0.25) is 5.91 Å². The normalized spacial score (nSPS) is 13.4. The number of nitrogens with zero attached hydrogens (tertiary/aromatic N) is 1. The molecule has 0 saturated carbocycles. The summed E-state index contributed by atoms with van der Waals surface area (Å²) in [5.41, 5.74) is 2.26. The number of rotatable bonds is 9. The number of anilines is 2. The first kappa shape index (κ1) is 21.8. The molecule has 0 aliphatic carbocycles. The summed E-state index contributed by atoms with van der Waals surface area (Å²) < 4.78 is 5.66. The van der Waals surface area contributed by atoms with E-state index >= 15 is 0 Å². The lowest BCUT2D eigenvalue weighted by Gasteiger charge is -2.13. The third-order valence-corrected chi connectivity index (χ3v) is 4.55. The molecular weight excluding hydrogens is 394 g/mol. The van der Waals surface area contributed by atoms with E-state index in [-0.39, 0.29) is 23.7 Å². The number of ether oxygens (including phenoxy) is 1. The fraction of sp³-hybridized carbons (Fsp3) is 0.208. The molecule has 7 nitrogen and oxygen atoms in total. The van der Waals surface area contributed by atoms with Gasteiger partial charge in [0.1, 0.15) is 11.4 Å². The maximum Gasteiger partial charge on any atom is 0.278 e. The Bertz CT molecular complexity index is 1040. The molecule has 3 rings (SSSR count). The Balaban J connectivity index is 1.98. The second-order valence-electron chi connectivity index (χ2n) is 7.02. The summed E-state index contributed by atoms with van der Waals surface area (Å²) in [6, 6.07) is 14.0. The summed E-state index contributed by atoms with van der Waals surface area (Å²) in [6.45, 7) is 7.77. The van der Waals surface area contributed by atoms with Crippen molar-refractivity contribution in [3.8, 4) is 5.75 Å². The molecule has 31 heavy (non-hydrogen) atoms. The fourth-order valence-corrected chi connectivity index (χ4v) is 3.21. The predicted molar refractivity (Wildman–Crippen MR) is 120 cm³/mol. The van der Waals surface area contributed by atoms with E-state index in [1.807, 2.05) is 19.1 Å².